The summed E-state index contributed by atoms with van der Waals surface area (Å²) in [4.78, 5) is 2.38. The Morgan fingerprint density at radius 1 is 1.46 bits per heavy atom. The van der Waals surface area contributed by atoms with Crippen LogP contribution in [-0.4, -0.2) is 36.7 Å². The minimum Gasteiger partial charge on any atom is -0.329 e. The van der Waals surface area contributed by atoms with Gasteiger partial charge in [-0.05, 0) is 26.2 Å². The standard InChI is InChI=1S/C10H21FN2/c1-9-4-2-5-10(8-12)13(9)7-3-6-11/h9-10H,2-8,12H2,1H3. The second-order valence-corrected chi connectivity index (χ2v) is 3.95. The van der Waals surface area contributed by atoms with Crippen LogP contribution < -0.4 is 5.73 Å². The van der Waals surface area contributed by atoms with Gasteiger partial charge in [0.05, 0.1) is 6.67 Å². The first-order valence-electron chi connectivity index (χ1n) is 5.31. The minimum absolute atomic E-state index is 0.208. The number of alkyl halides is 1. The average Bonchev–Trinajstić information content (AvgIpc) is 2.15. The van der Waals surface area contributed by atoms with Crippen molar-refractivity contribution >= 4 is 0 Å². The Hall–Kier alpha value is -0.150. The lowest BCUT2D eigenvalue weighted by Gasteiger charge is -2.40. The molecule has 0 spiro atoms. The molecule has 1 aliphatic heterocycles. The van der Waals surface area contributed by atoms with Crippen LogP contribution in [0.3, 0.4) is 0 Å². The van der Waals surface area contributed by atoms with E-state index in [1.54, 1.807) is 0 Å². The Morgan fingerprint density at radius 2 is 2.23 bits per heavy atom. The highest BCUT2D eigenvalue weighted by atomic mass is 19.1. The molecule has 3 heteroatoms. The van der Waals surface area contributed by atoms with E-state index in [2.05, 4.69) is 11.8 Å². The minimum atomic E-state index is -0.208. The van der Waals surface area contributed by atoms with Gasteiger partial charge in [-0.2, -0.15) is 0 Å². The third-order valence-corrected chi connectivity index (χ3v) is 3.02. The van der Waals surface area contributed by atoms with E-state index in [4.69, 9.17) is 5.73 Å². The van der Waals surface area contributed by atoms with Crippen LogP contribution >= 0.6 is 0 Å². The molecule has 2 N–H and O–H groups in total. The third kappa shape index (κ3) is 2.92. The molecule has 0 aromatic rings. The molecule has 0 aromatic carbocycles. The highest BCUT2D eigenvalue weighted by Crippen LogP contribution is 2.22. The molecule has 2 atom stereocenters. The number of halogens is 1. The Kier molecular flexibility index (Phi) is 4.67. The zero-order valence-electron chi connectivity index (χ0n) is 8.51. The number of likely N-dealkylation sites (tertiary alicyclic amines) is 1. The van der Waals surface area contributed by atoms with Crippen LogP contribution in [0.2, 0.25) is 0 Å². The molecule has 2 nitrogen and oxygen atoms in total. The normalized spacial score (nSPS) is 30.7. The van der Waals surface area contributed by atoms with Gasteiger partial charge < -0.3 is 5.73 Å². The summed E-state index contributed by atoms with van der Waals surface area (Å²) in [6, 6.07) is 1.09. The maximum Gasteiger partial charge on any atom is 0.0906 e. The Morgan fingerprint density at radius 3 is 2.85 bits per heavy atom. The van der Waals surface area contributed by atoms with Crippen LogP contribution in [-0.2, 0) is 0 Å². The predicted molar refractivity (Wildman–Crippen MR) is 53.5 cm³/mol. The fraction of sp³-hybridized carbons (Fsp3) is 1.00. The van der Waals surface area contributed by atoms with Gasteiger partial charge in [-0.1, -0.05) is 6.42 Å². The second kappa shape index (κ2) is 5.55. The quantitative estimate of drug-likeness (QED) is 0.725. The zero-order chi connectivity index (χ0) is 9.68. The molecule has 1 heterocycles. The van der Waals surface area contributed by atoms with E-state index in [0.29, 0.717) is 18.5 Å². The van der Waals surface area contributed by atoms with Gasteiger partial charge in [0.1, 0.15) is 0 Å². The van der Waals surface area contributed by atoms with Crippen LogP contribution in [0, 0.1) is 0 Å². The summed E-state index contributed by atoms with van der Waals surface area (Å²) in [5.41, 5.74) is 5.69. The summed E-state index contributed by atoms with van der Waals surface area (Å²) in [5, 5.41) is 0. The highest BCUT2D eigenvalue weighted by Gasteiger charge is 2.25. The van der Waals surface area contributed by atoms with Gasteiger partial charge in [-0.15, -0.1) is 0 Å². The highest BCUT2D eigenvalue weighted by molar-refractivity contribution is 4.82. The van der Waals surface area contributed by atoms with Crippen molar-refractivity contribution in [1.29, 1.82) is 0 Å². The Labute approximate surface area is 80.3 Å². The van der Waals surface area contributed by atoms with Crippen molar-refractivity contribution in [1.82, 2.24) is 4.90 Å². The monoisotopic (exact) mass is 188 g/mol. The molecule has 0 bridgehead atoms. The number of hydrogen-bond acceptors (Lipinski definition) is 2. The first kappa shape index (κ1) is 10.9. The van der Waals surface area contributed by atoms with Gasteiger partial charge in [0.2, 0.25) is 0 Å². The van der Waals surface area contributed by atoms with Crippen LogP contribution in [0.1, 0.15) is 32.6 Å². The molecule has 1 saturated heterocycles. The van der Waals surface area contributed by atoms with E-state index >= 15 is 0 Å². The third-order valence-electron chi connectivity index (χ3n) is 3.02. The van der Waals surface area contributed by atoms with Gasteiger partial charge in [0.25, 0.3) is 0 Å². The molecule has 2 unspecified atom stereocenters. The molecule has 1 rings (SSSR count). The van der Waals surface area contributed by atoms with Gasteiger partial charge in [-0.3, -0.25) is 9.29 Å². The fourth-order valence-electron chi connectivity index (χ4n) is 2.24. The van der Waals surface area contributed by atoms with Gasteiger partial charge >= 0.3 is 0 Å². The van der Waals surface area contributed by atoms with Gasteiger partial charge in [0, 0.05) is 25.2 Å². The fourth-order valence-corrected chi connectivity index (χ4v) is 2.24. The lowest BCUT2D eigenvalue weighted by molar-refractivity contribution is 0.0935. The summed E-state index contributed by atoms with van der Waals surface area (Å²) >= 11 is 0. The molecular weight excluding hydrogens is 167 g/mol. The van der Waals surface area contributed by atoms with Crippen LogP contribution in [0.25, 0.3) is 0 Å². The molecule has 13 heavy (non-hydrogen) atoms. The largest absolute Gasteiger partial charge is 0.329 e. The lowest BCUT2D eigenvalue weighted by Crippen LogP contribution is -2.49. The van der Waals surface area contributed by atoms with Crippen molar-refractivity contribution in [2.75, 3.05) is 19.8 Å². The van der Waals surface area contributed by atoms with Crippen molar-refractivity contribution in [3.63, 3.8) is 0 Å². The summed E-state index contributed by atoms with van der Waals surface area (Å²) in [7, 11) is 0. The molecule has 0 aromatic heterocycles. The summed E-state index contributed by atoms with van der Waals surface area (Å²) < 4.78 is 12.0. The van der Waals surface area contributed by atoms with E-state index in [1.807, 2.05) is 0 Å². The van der Waals surface area contributed by atoms with Crippen molar-refractivity contribution in [3.8, 4) is 0 Å². The number of nitrogens with zero attached hydrogens (tertiary/aromatic N) is 1. The molecule has 0 saturated carbocycles. The van der Waals surface area contributed by atoms with E-state index in [9.17, 15) is 4.39 Å². The van der Waals surface area contributed by atoms with Crippen molar-refractivity contribution in [3.05, 3.63) is 0 Å². The summed E-state index contributed by atoms with van der Waals surface area (Å²) in [5.74, 6) is 0. The van der Waals surface area contributed by atoms with Crippen molar-refractivity contribution in [2.24, 2.45) is 5.73 Å². The number of rotatable bonds is 4. The van der Waals surface area contributed by atoms with E-state index in [-0.39, 0.29) is 6.67 Å². The first-order valence-corrected chi connectivity index (χ1v) is 5.31. The zero-order valence-corrected chi connectivity index (χ0v) is 8.51. The van der Waals surface area contributed by atoms with Gasteiger partial charge in [-0.25, -0.2) is 0 Å². The summed E-state index contributed by atoms with van der Waals surface area (Å²) in [6.45, 7) is 3.61. The maximum atomic E-state index is 12.0. The molecule has 0 radical (unpaired) electrons. The van der Waals surface area contributed by atoms with Crippen LogP contribution in [0.5, 0.6) is 0 Å². The predicted octanol–water partition coefficient (Wildman–Crippen LogP) is 1.55. The van der Waals surface area contributed by atoms with E-state index < -0.39 is 0 Å². The van der Waals surface area contributed by atoms with E-state index in [0.717, 1.165) is 13.1 Å². The smallest absolute Gasteiger partial charge is 0.0906 e. The topological polar surface area (TPSA) is 29.3 Å². The van der Waals surface area contributed by atoms with Crippen molar-refractivity contribution < 1.29 is 4.39 Å². The number of hydrogen-bond donors (Lipinski definition) is 1. The lowest BCUT2D eigenvalue weighted by atomic mass is 9.96. The maximum absolute atomic E-state index is 12.0. The molecular formula is C10H21FN2. The van der Waals surface area contributed by atoms with Gasteiger partial charge in [0.15, 0.2) is 0 Å². The molecule has 78 valence electrons. The average molecular weight is 188 g/mol. The second-order valence-electron chi connectivity index (χ2n) is 3.95. The van der Waals surface area contributed by atoms with E-state index in [1.165, 1.54) is 19.3 Å². The SMILES string of the molecule is CC1CCCC(CN)N1CCCF. The van der Waals surface area contributed by atoms with Crippen LogP contribution in [0.4, 0.5) is 4.39 Å². The number of piperidine rings is 1. The first-order chi connectivity index (χ1) is 6.29. The summed E-state index contributed by atoms with van der Waals surface area (Å²) in [6.07, 6.45) is 4.35. The number of nitrogens with two attached hydrogens (primary N) is 1. The molecule has 0 aliphatic carbocycles. The molecule has 1 aliphatic rings. The Bertz CT molecular complexity index is 141. The van der Waals surface area contributed by atoms with Crippen molar-refractivity contribution in [2.45, 2.75) is 44.7 Å². The Balaban J connectivity index is 2.41. The molecule has 1 fully saturated rings. The molecule has 0 amide bonds. The van der Waals surface area contributed by atoms with Crippen LogP contribution in [0.15, 0.2) is 0 Å².